The Balaban J connectivity index is 1.56. The molecule has 12 nitrogen and oxygen atoms in total. The number of nitro benzene ring substituents is 1. The van der Waals surface area contributed by atoms with Gasteiger partial charge in [0.15, 0.2) is 0 Å². The van der Waals surface area contributed by atoms with Crippen LogP contribution in [-0.2, 0) is 13.0 Å². The number of nitrogens with zero attached hydrogens (tertiary/aromatic N) is 5. The lowest BCUT2D eigenvalue weighted by molar-refractivity contribution is -0.384. The minimum Gasteiger partial charge on any atom is -0.346 e. The smallest absolute Gasteiger partial charge is 0.346 e. The second-order valence-corrected chi connectivity index (χ2v) is 6.98. The van der Waals surface area contributed by atoms with E-state index >= 15 is 0 Å². The minimum atomic E-state index is -0.713. The summed E-state index contributed by atoms with van der Waals surface area (Å²) in [6.45, 7) is 0.988. The average molecular weight is 435 g/mol. The lowest BCUT2D eigenvalue weighted by Crippen LogP contribution is -2.33. The Morgan fingerprint density at radius 3 is 2.53 bits per heavy atom. The third-order valence-electron chi connectivity index (χ3n) is 5.03. The van der Waals surface area contributed by atoms with Crippen molar-refractivity contribution in [2.24, 2.45) is 0 Å². The first kappa shape index (κ1) is 20.7. The van der Waals surface area contributed by atoms with Crippen molar-refractivity contribution in [2.75, 3.05) is 16.9 Å². The van der Waals surface area contributed by atoms with E-state index in [9.17, 15) is 25.0 Å². The maximum absolute atomic E-state index is 12.4. The van der Waals surface area contributed by atoms with Crippen LogP contribution >= 0.6 is 0 Å². The third kappa shape index (κ3) is 4.14. The fraction of sp³-hybridized carbons (Fsp3) is 0.150. The molecule has 0 radical (unpaired) electrons. The molecule has 162 valence electrons. The topological polar surface area (TPSA) is 156 Å². The van der Waals surface area contributed by atoms with Crippen LogP contribution in [0.2, 0.25) is 0 Å². The van der Waals surface area contributed by atoms with E-state index in [1.54, 1.807) is 4.90 Å². The normalized spacial score (nSPS) is 12.6. The number of amides is 1. The van der Waals surface area contributed by atoms with Crippen LogP contribution in [0.1, 0.15) is 21.5 Å². The molecule has 0 saturated heterocycles. The zero-order valence-electron chi connectivity index (χ0n) is 16.6. The maximum atomic E-state index is 12.4. The third-order valence-corrected chi connectivity index (χ3v) is 5.03. The predicted octanol–water partition coefficient (Wildman–Crippen LogP) is 2.61. The number of carbonyl (C=O) groups excluding carboxylic acids is 1. The van der Waals surface area contributed by atoms with Crippen LogP contribution in [-0.4, -0.2) is 32.3 Å². The Bertz CT molecular complexity index is 1220. The van der Waals surface area contributed by atoms with E-state index in [0.29, 0.717) is 19.5 Å². The van der Waals surface area contributed by atoms with Crippen LogP contribution in [0.5, 0.6) is 0 Å². The molecule has 3 aromatic rings. The van der Waals surface area contributed by atoms with Crippen molar-refractivity contribution in [2.45, 2.75) is 13.0 Å². The summed E-state index contributed by atoms with van der Waals surface area (Å²) in [5.74, 6) is -0.778. The van der Waals surface area contributed by atoms with Crippen molar-refractivity contribution < 1.29 is 14.6 Å². The van der Waals surface area contributed by atoms with Gasteiger partial charge < -0.3 is 4.90 Å². The summed E-state index contributed by atoms with van der Waals surface area (Å²) in [6.07, 6.45) is 1.88. The quantitative estimate of drug-likeness (QED) is 0.439. The summed E-state index contributed by atoms with van der Waals surface area (Å²) in [6, 6.07) is 13.0. The Morgan fingerprint density at radius 2 is 1.78 bits per heavy atom. The fourth-order valence-electron chi connectivity index (χ4n) is 3.49. The first-order valence-electron chi connectivity index (χ1n) is 9.56. The van der Waals surface area contributed by atoms with Gasteiger partial charge in [0.05, 0.1) is 9.85 Å². The molecule has 1 aliphatic heterocycles. The number of rotatable bonds is 6. The van der Waals surface area contributed by atoms with Gasteiger partial charge in [-0.05, 0) is 23.6 Å². The number of nitrogens with one attached hydrogen (secondary N) is 2. The monoisotopic (exact) mass is 435 g/mol. The minimum absolute atomic E-state index is 0.0104. The van der Waals surface area contributed by atoms with E-state index < -0.39 is 15.8 Å². The highest BCUT2D eigenvalue weighted by Gasteiger charge is 2.29. The Kier molecular flexibility index (Phi) is 5.57. The van der Waals surface area contributed by atoms with Crippen molar-refractivity contribution in [3.05, 3.63) is 91.8 Å². The summed E-state index contributed by atoms with van der Waals surface area (Å²) in [5.41, 5.74) is 6.36. The molecule has 2 heterocycles. The Morgan fingerprint density at radius 1 is 1.00 bits per heavy atom. The molecule has 2 N–H and O–H groups in total. The highest BCUT2D eigenvalue weighted by molar-refractivity contribution is 5.95. The first-order valence-corrected chi connectivity index (χ1v) is 9.56. The zero-order chi connectivity index (χ0) is 22.7. The SMILES string of the molecule is O=C(NNc1ncnc(N2CCc3ccccc3C2)c1[N+](=O)[O-])c1cccc([N+](=O)[O-])c1. The second kappa shape index (κ2) is 8.63. The van der Waals surface area contributed by atoms with Gasteiger partial charge in [-0.2, -0.15) is 0 Å². The molecule has 0 aliphatic carbocycles. The largest absolute Gasteiger partial charge is 0.355 e. The lowest BCUT2D eigenvalue weighted by Gasteiger charge is -2.29. The molecule has 0 unspecified atom stereocenters. The van der Waals surface area contributed by atoms with E-state index in [1.165, 1.54) is 30.1 Å². The van der Waals surface area contributed by atoms with Gasteiger partial charge in [-0.3, -0.25) is 35.9 Å². The van der Waals surface area contributed by atoms with E-state index in [0.717, 1.165) is 11.6 Å². The second-order valence-electron chi connectivity index (χ2n) is 6.98. The molecule has 1 aliphatic rings. The summed E-state index contributed by atoms with van der Waals surface area (Å²) < 4.78 is 0. The highest BCUT2D eigenvalue weighted by Crippen LogP contribution is 2.34. The van der Waals surface area contributed by atoms with Crippen molar-refractivity contribution >= 4 is 28.9 Å². The van der Waals surface area contributed by atoms with Crippen LogP contribution in [0.15, 0.2) is 54.9 Å². The standard InChI is InChI=1S/C20H17N7O5/c28-20(14-6-3-7-16(10-14)26(29)30)24-23-18-17(27(31)32)19(22-12-21-18)25-9-8-13-4-1-2-5-15(13)11-25/h1-7,10,12H,8-9,11H2,(H,24,28)(H,21,22,23). The molecule has 1 amide bonds. The van der Waals surface area contributed by atoms with Gasteiger partial charge in [-0.25, -0.2) is 9.97 Å². The number of hydrazine groups is 1. The van der Waals surface area contributed by atoms with Gasteiger partial charge in [0.1, 0.15) is 6.33 Å². The number of hydrogen-bond acceptors (Lipinski definition) is 9. The molecule has 12 heteroatoms. The summed E-state index contributed by atoms with van der Waals surface area (Å²) >= 11 is 0. The van der Waals surface area contributed by atoms with Crippen molar-refractivity contribution in [3.8, 4) is 0 Å². The van der Waals surface area contributed by atoms with Gasteiger partial charge in [0.25, 0.3) is 11.6 Å². The Labute approximate surface area is 181 Å². The van der Waals surface area contributed by atoms with E-state index in [2.05, 4.69) is 20.8 Å². The van der Waals surface area contributed by atoms with Crippen molar-refractivity contribution in [1.29, 1.82) is 0 Å². The highest BCUT2D eigenvalue weighted by atomic mass is 16.6. The zero-order valence-corrected chi connectivity index (χ0v) is 16.6. The van der Waals surface area contributed by atoms with Gasteiger partial charge in [-0.1, -0.05) is 30.3 Å². The number of non-ortho nitro benzene ring substituents is 1. The van der Waals surface area contributed by atoms with Crippen LogP contribution in [0.4, 0.5) is 23.0 Å². The maximum Gasteiger partial charge on any atom is 0.355 e. The number of benzene rings is 2. The molecule has 0 atom stereocenters. The first-order chi connectivity index (χ1) is 15.4. The van der Waals surface area contributed by atoms with E-state index in [1.807, 2.05) is 24.3 Å². The van der Waals surface area contributed by atoms with Crippen molar-refractivity contribution in [1.82, 2.24) is 15.4 Å². The fourth-order valence-corrected chi connectivity index (χ4v) is 3.49. The lowest BCUT2D eigenvalue weighted by atomic mass is 10.00. The number of nitro groups is 2. The van der Waals surface area contributed by atoms with Crippen LogP contribution in [0.25, 0.3) is 0 Å². The van der Waals surface area contributed by atoms with Gasteiger partial charge in [0.2, 0.25) is 11.6 Å². The van der Waals surface area contributed by atoms with Gasteiger partial charge in [0, 0.05) is 30.8 Å². The van der Waals surface area contributed by atoms with E-state index in [4.69, 9.17) is 0 Å². The van der Waals surface area contributed by atoms with Gasteiger partial charge in [-0.15, -0.1) is 0 Å². The molecule has 1 aromatic heterocycles. The van der Waals surface area contributed by atoms with Crippen molar-refractivity contribution in [3.63, 3.8) is 0 Å². The Hall–Kier alpha value is -4.61. The molecule has 0 fully saturated rings. The number of carbonyl (C=O) groups is 1. The number of hydrogen-bond donors (Lipinski definition) is 2. The molecule has 4 rings (SSSR count). The molecular weight excluding hydrogens is 418 g/mol. The number of fused-ring (bicyclic) bond motifs is 1. The number of aromatic nitrogens is 2. The molecule has 32 heavy (non-hydrogen) atoms. The number of anilines is 2. The average Bonchev–Trinajstić information content (AvgIpc) is 2.81. The molecule has 0 bridgehead atoms. The van der Waals surface area contributed by atoms with E-state index in [-0.39, 0.29) is 28.6 Å². The molecule has 0 spiro atoms. The van der Waals surface area contributed by atoms with Crippen LogP contribution < -0.4 is 15.8 Å². The van der Waals surface area contributed by atoms with Crippen LogP contribution in [0.3, 0.4) is 0 Å². The predicted molar refractivity (Wildman–Crippen MR) is 114 cm³/mol. The molecule has 0 saturated carbocycles. The van der Waals surface area contributed by atoms with Crippen LogP contribution in [0, 0.1) is 20.2 Å². The molecule has 2 aromatic carbocycles. The summed E-state index contributed by atoms with van der Waals surface area (Å²) in [7, 11) is 0. The summed E-state index contributed by atoms with van der Waals surface area (Å²) in [4.78, 5) is 43.7. The molecular formula is C20H17N7O5. The summed E-state index contributed by atoms with van der Waals surface area (Å²) in [5, 5.41) is 22.7. The van der Waals surface area contributed by atoms with Gasteiger partial charge >= 0.3 is 5.69 Å².